The van der Waals surface area contributed by atoms with Crippen LogP contribution in [0.15, 0.2) is 30.3 Å². The molecule has 10 N–H and O–H groups in total. The number of rotatable bonds is 5. The second kappa shape index (κ2) is 9.20. The van der Waals surface area contributed by atoms with Gasteiger partial charge in [-0.25, -0.2) is 0 Å². The van der Waals surface area contributed by atoms with E-state index in [1.807, 2.05) is 0 Å². The Morgan fingerprint density at radius 3 is 1.69 bits per heavy atom. The van der Waals surface area contributed by atoms with Crippen molar-refractivity contribution in [2.75, 3.05) is 0 Å². The first-order valence-corrected chi connectivity index (χ1v) is 7.55. The van der Waals surface area contributed by atoms with E-state index in [0.29, 0.717) is 0 Å². The second-order valence-electron chi connectivity index (χ2n) is 5.57. The number of carboxylic acids is 2. The van der Waals surface area contributed by atoms with Crippen molar-refractivity contribution in [2.45, 2.75) is 12.1 Å². The fourth-order valence-electron chi connectivity index (χ4n) is 2.13. The molecule has 156 valence electrons. The smallest absolute Gasteiger partial charge is 0.325 e. The molecule has 0 spiro atoms. The summed E-state index contributed by atoms with van der Waals surface area (Å²) in [6.07, 6.45) is 0. The van der Waals surface area contributed by atoms with Crippen LogP contribution in [0.25, 0.3) is 0 Å². The molecular weight excluding hydrogens is 394 g/mol. The normalized spacial score (nSPS) is 12.2. The number of aliphatic carboxylic acids is 2. The predicted octanol–water partition coefficient (Wildman–Crippen LogP) is 0.273. The number of hydrogen-bond donors (Lipinski definition) is 8. The van der Waals surface area contributed by atoms with Crippen LogP contribution >= 0.6 is 0 Å². The van der Waals surface area contributed by atoms with Crippen LogP contribution in [0.2, 0.25) is 0 Å². The highest BCUT2D eigenvalue weighted by Gasteiger charge is 2.28. The first kappa shape index (κ1) is 22.9. The minimum Gasteiger partial charge on any atom is -0.508 e. The lowest BCUT2D eigenvalue weighted by atomic mass is 10.0. The Hall–Kier alpha value is -4.10. The van der Waals surface area contributed by atoms with E-state index in [4.69, 9.17) is 37.0 Å². The van der Waals surface area contributed by atoms with Gasteiger partial charge in [-0.2, -0.15) is 0 Å². The molecule has 0 saturated heterocycles. The lowest BCUT2D eigenvalue weighted by molar-refractivity contribution is -0.386. The highest BCUT2D eigenvalue weighted by Crippen LogP contribution is 2.36. The Morgan fingerprint density at radius 2 is 1.28 bits per heavy atom. The van der Waals surface area contributed by atoms with E-state index in [9.17, 15) is 24.8 Å². The SMILES string of the molecule is NC(C(=O)O)c1cc(O)cc(O)c1.NC(C(=O)O)c1cc(O)cc(O)c1[N+](=O)[O-]. The van der Waals surface area contributed by atoms with Crippen molar-refractivity contribution in [3.8, 4) is 23.0 Å². The number of hydrogen-bond acceptors (Lipinski definition) is 10. The zero-order valence-electron chi connectivity index (χ0n) is 14.5. The molecule has 2 atom stereocenters. The van der Waals surface area contributed by atoms with Gasteiger partial charge in [0.15, 0.2) is 5.75 Å². The fourth-order valence-corrected chi connectivity index (χ4v) is 2.13. The molecule has 2 unspecified atom stereocenters. The standard InChI is InChI=1S/C8H8N2O6.C8H9NO4/c9-6(8(13)14)4-1-3(11)2-5(12)7(4)10(15)16;9-7(8(12)13)4-1-5(10)3-6(11)2-4/h1-2,6,11-12H,9H2,(H,13,14);1-3,7,10-11H,9H2,(H,12,13). The number of nitrogens with zero attached hydrogens (tertiary/aromatic N) is 1. The summed E-state index contributed by atoms with van der Waals surface area (Å²) >= 11 is 0. The van der Waals surface area contributed by atoms with E-state index in [1.165, 1.54) is 12.1 Å². The summed E-state index contributed by atoms with van der Waals surface area (Å²) in [6, 6.07) is 2.11. The Morgan fingerprint density at radius 1 is 0.828 bits per heavy atom. The van der Waals surface area contributed by atoms with Crippen LogP contribution in [0.1, 0.15) is 23.2 Å². The van der Waals surface area contributed by atoms with Crippen molar-refractivity contribution in [1.82, 2.24) is 0 Å². The third-order valence-corrected chi connectivity index (χ3v) is 3.44. The van der Waals surface area contributed by atoms with E-state index >= 15 is 0 Å². The fraction of sp³-hybridized carbons (Fsp3) is 0.125. The van der Waals surface area contributed by atoms with Gasteiger partial charge in [0.05, 0.1) is 10.5 Å². The van der Waals surface area contributed by atoms with E-state index in [2.05, 4.69) is 0 Å². The van der Waals surface area contributed by atoms with Crippen LogP contribution in [0, 0.1) is 10.1 Å². The van der Waals surface area contributed by atoms with Crippen molar-refractivity contribution in [2.24, 2.45) is 11.5 Å². The Labute approximate surface area is 161 Å². The number of nitro groups is 1. The molecule has 0 fully saturated rings. The Kier molecular flexibility index (Phi) is 7.28. The number of carbonyl (C=O) groups is 2. The molecule has 29 heavy (non-hydrogen) atoms. The third kappa shape index (κ3) is 5.95. The van der Waals surface area contributed by atoms with Crippen LogP contribution in [-0.2, 0) is 9.59 Å². The molecular formula is C16H17N3O10. The molecule has 0 heterocycles. The van der Waals surface area contributed by atoms with E-state index < -0.39 is 51.7 Å². The molecule has 0 aliphatic heterocycles. The monoisotopic (exact) mass is 411 g/mol. The lowest BCUT2D eigenvalue weighted by Crippen LogP contribution is -2.21. The number of phenolic OH excluding ortho intramolecular Hbond substituents is 4. The molecule has 2 aromatic rings. The molecule has 13 heteroatoms. The van der Waals surface area contributed by atoms with Gasteiger partial charge < -0.3 is 42.1 Å². The number of carboxylic acid groups (broad SMARTS) is 2. The average molecular weight is 411 g/mol. The van der Waals surface area contributed by atoms with E-state index in [0.717, 1.165) is 18.2 Å². The largest absolute Gasteiger partial charge is 0.508 e. The molecule has 2 aromatic carbocycles. The van der Waals surface area contributed by atoms with Gasteiger partial charge in [0.2, 0.25) is 0 Å². The summed E-state index contributed by atoms with van der Waals surface area (Å²) in [4.78, 5) is 30.7. The molecule has 0 saturated carbocycles. The predicted molar refractivity (Wildman–Crippen MR) is 95.3 cm³/mol. The molecule has 0 aliphatic carbocycles. The molecule has 0 aliphatic rings. The van der Waals surface area contributed by atoms with Gasteiger partial charge in [-0.15, -0.1) is 0 Å². The number of phenols is 4. The van der Waals surface area contributed by atoms with Gasteiger partial charge >= 0.3 is 17.6 Å². The maximum Gasteiger partial charge on any atom is 0.325 e. The van der Waals surface area contributed by atoms with Gasteiger partial charge in [0, 0.05) is 12.1 Å². The molecule has 0 bridgehead atoms. The summed E-state index contributed by atoms with van der Waals surface area (Å²) < 4.78 is 0. The van der Waals surface area contributed by atoms with Crippen LogP contribution < -0.4 is 11.5 Å². The van der Waals surface area contributed by atoms with Gasteiger partial charge in [-0.3, -0.25) is 19.7 Å². The Bertz CT molecular complexity index is 927. The summed E-state index contributed by atoms with van der Waals surface area (Å²) in [5, 5.41) is 64.1. The number of nitro benzene ring substituents is 1. The quantitative estimate of drug-likeness (QED) is 0.244. The van der Waals surface area contributed by atoms with Crippen molar-refractivity contribution in [3.63, 3.8) is 0 Å². The van der Waals surface area contributed by atoms with Crippen molar-refractivity contribution >= 4 is 17.6 Å². The molecule has 13 nitrogen and oxygen atoms in total. The minimum atomic E-state index is -1.70. The number of nitrogens with two attached hydrogens (primary N) is 2. The molecule has 0 aromatic heterocycles. The topological polar surface area (TPSA) is 251 Å². The van der Waals surface area contributed by atoms with Crippen molar-refractivity contribution in [3.05, 3.63) is 51.6 Å². The zero-order chi connectivity index (χ0) is 22.5. The number of benzene rings is 2. The zero-order valence-corrected chi connectivity index (χ0v) is 14.5. The van der Waals surface area contributed by atoms with Gasteiger partial charge in [-0.05, 0) is 23.8 Å². The average Bonchev–Trinajstić information content (AvgIpc) is 2.58. The Balaban J connectivity index is 0.000000296. The van der Waals surface area contributed by atoms with E-state index in [1.54, 1.807) is 0 Å². The third-order valence-electron chi connectivity index (χ3n) is 3.44. The lowest BCUT2D eigenvalue weighted by Gasteiger charge is -2.08. The first-order valence-electron chi connectivity index (χ1n) is 7.55. The van der Waals surface area contributed by atoms with Crippen molar-refractivity contribution < 1.29 is 45.2 Å². The van der Waals surface area contributed by atoms with Crippen LogP contribution in [-0.4, -0.2) is 47.5 Å². The summed E-state index contributed by atoms with van der Waals surface area (Å²) in [7, 11) is 0. The van der Waals surface area contributed by atoms with Crippen molar-refractivity contribution in [1.29, 1.82) is 0 Å². The number of aromatic hydroxyl groups is 4. The summed E-state index contributed by atoms with van der Waals surface area (Å²) in [5.74, 6) is -4.50. The highest BCUT2D eigenvalue weighted by molar-refractivity contribution is 5.78. The maximum atomic E-state index is 10.6. The maximum absolute atomic E-state index is 10.6. The van der Waals surface area contributed by atoms with Gasteiger partial charge in [-0.1, -0.05) is 0 Å². The molecule has 0 amide bonds. The van der Waals surface area contributed by atoms with Gasteiger partial charge in [0.25, 0.3) is 0 Å². The second-order valence-corrected chi connectivity index (χ2v) is 5.57. The summed E-state index contributed by atoms with van der Waals surface area (Å²) in [5.41, 5.74) is 9.31. The van der Waals surface area contributed by atoms with E-state index in [-0.39, 0.29) is 17.1 Å². The van der Waals surface area contributed by atoms with Crippen LogP contribution in [0.4, 0.5) is 5.69 Å². The van der Waals surface area contributed by atoms with Crippen LogP contribution in [0.5, 0.6) is 23.0 Å². The first-order chi connectivity index (χ1) is 13.3. The minimum absolute atomic E-state index is 0.157. The molecule has 2 rings (SSSR count). The molecule has 0 radical (unpaired) electrons. The highest BCUT2D eigenvalue weighted by atomic mass is 16.6. The summed E-state index contributed by atoms with van der Waals surface area (Å²) in [6.45, 7) is 0. The van der Waals surface area contributed by atoms with Crippen LogP contribution in [0.3, 0.4) is 0 Å². The van der Waals surface area contributed by atoms with Gasteiger partial charge in [0.1, 0.15) is 29.3 Å².